The Bertz CT molecular complexity index is 259. The Morgan fingerprint density at radius 2 is 2.19 bits per heavy atom. The van der Waals surface area contributed by atoms with E-state index in [2.05, 4.69) is 26.8 Å². The van der Waals surface area contributed by atoms with Gasteiger partial charge in [0.05, 0.1) is 12.2 Å². The molecular formula is C15H26O. The van der Waals surface area contributed by atoms with Gasteiger partial charge in [-0.1, -0.05) is 31.4 Å². The zero-order valence-corrected chi connectivity index (χ0v) is 11.1. The van der Waals surface area contributed by atoms with Gasteiger partial charge >= 0.3 is 0 Å². The van der Waals surface area contributed by atoms with Crippen molar-refractivity contribution in [2.75, 3.05) is 6.61 Å². The standard InChI is InChI=1S/C15H26O/c1-12(2)7-6-8-13(3)14-9-4-5-10-15(14)11-16-15/h7,13-14H,4-6,8-11H2,1-3H3/t13?,14?,15-/m0/s1. The first-order valence-corrected chi connectivity index (χ1v) is 6.91. The van der Waals surface area contributed by atoms with Gasteiger partial charge in [-0.3, -0.25) is 0 Å². The molecular weight excluding hydrogens is 196 g/mol. The summed E-state index contributed by atoms with van der Waals surface area (Å²) in [6.07, 6.45) is 10.5. The topological polar surface area (TPSA) is 12.5 Å². The second-order valence-electron chi connectivity index (χ2n) is 6.04. The fourth-order valence-corrected chi connectivity index (χ4v) is 3.33. The quantitative estimate of drug-likeness (QED) is 0.509. The zero-order valence-electron chi connectivity index (χ0n) is 11.1. The summed E-state index contributed by atoms with van der Waals surface area (Å²) in [5.41, 5.74) is 1.79. The molecule has 0 amide bonds. The molecule has 1 aliphatic heterocycles. The number of epoxide rings is 1. The van der Waals surface area contributed by atoms with Crippen LogP contribution in [-0.4, -0.2) is 12.2 Å². The van der Waals surface area contributed by atoms with Crippen LogP contribution in [0.2, 0.25) is 0 Å². The van der Waals surface area contributed by atoms with Crippen molar-refractivity contribution in [2.24, 2.45) is 11.8 Å². The van der Waals surface area contributed by atoms with E-state index in [-0.39, 0.29) is 0 Å². The first-order chi connectivity index (χ1) is 7.64. The summed E-state index contributed by atoms with van der Waals surface area (Å²) < 4.78 is 5.78. The minimum atomic E-state index is 0.336. The van der Waals surface area contributed by atoms with Gasteiger partial charge in [-0.2, -0.15) is 0 Å². The lowest BCUT2D eigenvalue weighted by Crippen LogP contribution is -2.33. The summed E-state index contributed by atoms with van der Waals surface area (Å²) in [4.78, 5) is 0. The molecule has 1 heteroatoms. The smallest absolute Gasteiger partial charge is 0.0947 e. The van der Waals surface area contributed by atoms with Crippen molar-refractivity contribution in [1.82, 2.24) is 0 Å². The van der Waals surface area contributed by atoms with Gasteiger partial charge in [-0.15, -0.1) is 0 Å². The van der Waals surface area contributed by atoms with Crippen LogP contribution >= 0.6 is 0 Å². The van der Waals surface area contributed by atoms with Gasteiger partial charge in [-0.05, 0) is 51.4 Å². The van der Waals surface area contributed by atoms with Crippen molar-refractivity contribution >= 4 is 0 Å². The molecule has 0 N–H and O–H groups in total. The van der Waals surface area contributed by atoms with Crippen LogP contribution in [-0.2, 0) is 4.74 Å². The largest absolute Gasteiger partial charge is 0.369 e. The lowest BCUT2D eigenvalue weighted by Gasteiger charge is -2.33. The van der Waals surface area contributed by atoms with E-state index in [1.807, 2.05) is 0 Å². The molecule has 92 valence electrons. The second kappa shape index (κ2) is 4.91. The maximum Gasteiger partial charge on any atom is 0.0947 e. The fourth-order valence-electron chi connectivity index (χ4n) is 3.33. The van der Waals surface area contributed by atoms with Gasteiger partial charge in [0.25, 0.3) is 0 Å². The molecule has 1 nitrogen and oxygen atoms in total. The van der Waals surface area contributed by atoms with E-state index in [1.165, 1.54) is 44.1 Å². The summed E-state index contributed by atoms with van der Waals surface area (Å²) in [6.45, 7) is 7.86. The molecule has 16 heavy (non-hydrogen) atoms. The molecule has 1 heterocycles. The van der Waals surface area contributed by atoms with Crippen LogP contribution in [0.1, 0.15) is 59.3 Å². The van der Waals surface area contributed by atoms with E-state index in [0.717, 1.165) is 18.4 Å². The van der Waals surface area contributed by atoms with Gasteiger partial charge in [0, 0.05) is 0 Å². The van der Waals surface area contributed by atoms with E-state index in [0.29, 0.717) is 5.60 Å². The first-order valence-electron chi connectivity index (χ1n) is 6.91. The molecule has 0 aromatic rings. The van der Waals surface area contributed by atoms with Gasteiger partial charge < -0.3 is 4.74 Å². The van der Waals surface area contributed by atoms with E-state index in [9.17, 15) is 0 Å². The Morgan fingerprint density at radius 3 is 2.81 bits per heavy atom. The SMILES string of the molecule is CC(C)=CCCC(C)C1CCCC[C@]12CO2. The molecule has 0 bridgehead atoms. The van der Waals surface area contributed by atoms with E-state index < -0.39 is 0 Å². The van der Waals surface area contributed by atoms with Crippen molar-refractivity contribution in [3.8, 4) is 0 Å². The summed E-state index contributed by atoms with van der Waals surface area (Å²) in [6, 6.07) is 0. The zero-order chi connectivity index (χ0) is 11.6. The van der Waals surface area contributed by atoms with Crippen LogP contribution in [0.3, 0.4) is 0 Å². The van der Waals surface area contributed by atoms with Gasteiger partial charge in [0.2, 0.25) is 0 Å². The van der Waals surface area contributed by atoms with E-state index >= 15 is 0 Å². The summed E-state index contributed by atoms with van der Waals surface area (Å²) in [5, 5.41) is 0. The van der Waals surface area contributed by atoms with Crippen LogP contribution in [0.15, 0.2) is 11.6 Å². The normalized spacial score (nSPS) is 34.8. The highest BCUT2D eigenvalue weighted by atomic mass is 16.6. The van der Waals surface area contributed by atoms with Crippen LogP contribution in [0.25, 0.3) is 0 Å². The molecule has 1 saturated heterocycles. The van der Waals surface area contributed by atoms with Crippen molar-refractivity contribution in [2.45, 2.75) is 64.9 Å². The molecule has 1 spiro atoms. The van der Waals surface area contributed by atoms with Crippen molar-refractivity contribution in [1.29, 1.82) is 0 Å². The molecule has 2 unspecified atom stereocenters. The number of rotatable bonds is 4. The third-order valence-corrected chi connectivity index (χ3v) is 4.42. The minimum absolute atomic E-state index is 0.336. The molecule has 2 fully saturated rings. The third-order valence-electron chi connectivity index (χ3n) is 4.42. The Labute approximate surface area is 100 Å². The molecule has 0 aromatic heterocycles. The van der Waals surface area contributed by atoms with E-state index in [1.54, 1.807) is 0 Å². The van der Waals surface area contributed by atoms with Crippen LogP contribution in [0.4, 0.5) is 0 Å². The Morgan fingerprint density at radius 1 is 1.44 bits per heavy atom. The average Bonchev–Trinajstić information content (AvgIpc) is 2.98. The van der Waals surface area contributed by atoms with Crippen LogP contribution < -0.4 is 0 Å². The molecule has 1 saturated carbocycles. The van der Waals surface area contributed by atoms with Gasteiger partial charge in [0.1, 0.15) is 0 Å². The summed E-state index contributed by atoms with van der Waals surface area (Å²) in [5.74, 6) is 1.67. The minimum Gasteiger partial charge on any atom is -0.369 e. The van der Waals surface area contributed by atoms with Gasteiger partial charge in [-0.25, -0.2) is 0 Å². The molecule has 3 atom stereocenters. The Hall–Kier alpha value is -0.300. The lowest BCUT2D eigenvalue weighted by atomic mass is 9.71. The van der Waals surface area contributed by atoms with Crippen LogP contribution in [0.5, 0.6) is 0 Å². The molecule has 0 radical (unpaired) electrons. The molecule has 2 aliphatic rings. The number of hydrogen-bond acceptors (Lipinski definition) is 1. The highest BCUT2D eigenvalue weighted by Gasteiger charge is 2.53. The van der Waals surface area contributed by atoms with Crippen molar-refractivity contribution < 1.29 is 4.74 Å². The average molecular weight is 222 g/mol. The highest BCUT2D eigenvalue weighted by Crippen LogP contribution is 2.49. The summed E-state index contributed by atoms with van der Waals surface area (Å²) in [7, 11) is 0. The Balaban J connectivity index is 1.83. The first kappa shape index (κ1) is 12.2. The maximum atomic E-state index is 5.78. The molecule has 1 aliphatic carbocycles. The van der Waals surface area contributed by atoms with Crippen molar-refractivity contribution in [3.63, 3.8) is 0 Å². The summed E-state index contributed by atoms with van der Waals surface area (Å²) >= 11 is 0. The maximum absolute atomic E-state index is 5.78. The predicted molar refractivity (Wildman–Crippen MR) is 68.5 cm³/mol. The highest BCUT2D eigenvalue weighted by molar-refractivity contribution is 5.02. The monoisotopic (exact) mass is 222 g/mol. The second-order valence-corrected chi connectivity index (χ2v) is 6.04. The van der Waals surface area contributed by atoms with Gasteiger partial charge in [0.15, 0.2) is 0 Å². The predicted octanol–water partition coefficient (Wildman–Crippen LogP) is 4.33. The molecule has 0 aromatic carbocycles. The third kappa shape index (κ3) is 2.68. The lowest BCUT2D eigenvalue weighted by molar-refractivity contribution is 0.111. The number of ether oxygens (including phenoxy) is 1. The number of hydrogen-bond donors (Lipinski definition) is 0. The van der Waals surface area contributed by atoms with Crippen LogP contribution in [0, 0.1) is 11.8 Å². The van der Waals surface area contributed by atoms with E-state index in [4.69, 9.17) is 4.74 Å². The number of allylic oxidation sites excluding steroid dienone is 2. The fraction of sp³-hybridized carbons (Fsp3) is 0.867. The Kier molecular flexibility index (Phi) is 3.73. The van der Waals surface area contributed by atoms with Crippen molar-refractivity contribution in [3.05, 3.63) is 11.6 Å². The molecule has 2 rings (SSSR count).